The number of nitrogens with two attached hydrogens (primary N) is 1. The lowest BCUT2D eigenvalue weighted by Crippen LogP contribution is -2.51. The van der Waals surface area contributed by atoms with Gasteiger partial charge in [0.1, 0.15) is 0 Å². The second-order valence-electron chi connectivity index (χ2n) is 4.72. The van der Waals surface area contributed by atoms with E-state index in [2.05, 4.69) is 47.3 Å². The molecule has 0 spiro atoms. The van der Waals surface area contributed by atoms with Crippen LogP contribution in [-0.2, 0) is 6.54 Å². The standard InChI is InChI=1S/C12H17BrN6/c13-10-6-9-8-19(12(14)17-11(9)16-7-10)18-4-1-2-15-3-5-18/h6-7,15H,1-5,8H2,(H2,14,16,17). The largest absolute Gasteiger partial charge is 0.368 e. The van der Waals surface area contributed by atoms with Crippen molar-refractivity contribution in [3.8, 4) is 0 Å². The van der Waals surface area contributed by atoms with Crippen LogP contribution in [0, 0.1) is 0 Å². The fraction of sp³-hybridized carbons (Fsp3) is 0.500. The van der Waals surface area contributed by atoms with Gasteiger partial charge in [-0.2, -0.15) is 4.99 Å². The Hall–Kier alpha value is -1.18. The van der Waals surface area contributed by atoms with Gasteiger partial charge in [0.05, 0.1) is 6.54 Å². The molecule has 2 aliphatic rings. The molecule has 7 heteroatoms. The minimum Gasteiger partial charge on any atom is -0.368 e. The average Bonchev–Trinajstić information content (AvgIpc) is 2.67. The van der Waals surface area contributed by atoms with E-state index in [1.165, 1.54) is 0 Å². The van der Waals surface area contributed by atoms with E-state index in [1.807, 2.05) is 0 Å². The van der Waals surface area contributed by atoms with Crippen LogP contribution in [0.4, 0.5) is 5.82 Å². The first-order valence-electron chi connectivity index (χ1n) is 6.46. The maximum Gasteiger partial charge on any atom is 0.213 e. The van der Waals surface area contributed by atoms with Crippen molar-refractivity contribution in [2.24, 2.45) is 10.7 Å². The first-order valence-corrected chi connectivity index (χ1v) is 7.25. The molecule has 1 aromatic heterocycles. The zero-order chi connectivity index (χ0) is 13.2. The van der Waals surface area contributed by atoms with Gasteiger partial charge in [-0.3, -0.25) is 5.01 Å². The molecular weight excluding hydrogens is 308 g/mol. The molecule has 1 fully saturated rings. The topological polar surface area (TPSA) is 69.8 Å². The van der Waals surface area contributed by atoms with Gasteiger partial charge in [0.15, 0.2) is 5.82 Å². The Balaban J connectivity index is 1.85. The number of hydrazine groups is 1. The first-order chi connectivity index (χ1) is 9.24. The monoisotopic (exact) mass is 324 g/mol. The van der Waals surface area contributed by atoms with Crippen molar-refractivity contribution in [1.82, 2.24) is 20.3 Å². The molecule has 19 heavy (non-hydrogen) atoms. The molecular formula is C12H17BrN6. The molecule has 0 atom stereocenters. The van der Waals surface area contributed by atoms with Gasteiger partial charge < -0.3 is 11.1 Å². The second-order valence-corrected chi connectivity index (χ2v) is 5.64. The van der Waals surface area contributed by atoms with Crippen LogP contribution in [0.2, 0.25) is 0 Å². The van der Waals surface area contributed by atoms with Gasteiger partial charge in [0.2, 0.25) is 5.96 Å². The molecule has 1 saturated heterocycles. The number of fused-ring (bicyclic) bond motifs is 1. The fourth-order valence-electron chi connectivity index (χ4n) is 2.42. The van der Waals surface area contributed by atoms with Crippen molar-refractivity contribution in [2.45, 2.75) is 13.0 Å². The minimum atomic E-state index is 0.532. The summed E-state index contributed by atoms with van der Waals surface area (Å²) in [5.41, 5.74) is 7.17. The zero-order valence-corrected chi connectivity index (χ0v) is 12.2. The number of aliphatic imine (C=N–C) groups is 1. The molecule has 6 nitrogen and oxygen atoms in total. The molecule has 0 aliphatic carbocycles. The number of rotatable bonds is 1. The van der Waals surface area contributed by atoms with Gasteiger partial charge in [0, 0.05) is 35.9 Å². The van der Waals surface area contributed by atoms with Crippen LogP contribution in [0.1, 0.15) is 12.0 Å². The van der Waals surface area contributed by atoms with Crippen LogP contribution in [0.5, 0.6) is 0 Å². The summed E-state index contributed by atoms with van der Waals surface area (Å²) in [7, 11) is 0. The van der Waals surface area contributed by atoms with Crippen LogP contribution >= 0.6 is 15.9 Å². The molecule has 0 unspecified atom stereocenters. The summed E-state index contributed by atoms with van der Waals surface area (Å²) in [5.74, 6) is 1.26. The Bertz CT molecular complexity index is 495. The Morgan fingerprint density at radius 1 is 1.32 bits per heavy atom. The number of aromatic nitrogens is 1. The number of pyridine rings is 1. The summed E-state index contributed by atoms with van der Waals surface area (Å²) in [4.78, 5) is 8.70. The zero-order valence-electron chi connectivity index (χ0n) is 10.6. The fourth-order valence-corrected chi connectivity index (χ4v) is 2.80. The van der Waals surface area contributed by atoms with Gasteiger partial charge in [-0.25, -0.2) is 9.99 Å². The molecule has 2 aliphatic heterocycles. The van der Waals surface area contributed by atoms with Crippen LogP contribution < -0.4 is 11.1 Å². The normalized spacial score (nSPS) is 20.7. The molecule has 3 heterocycles. The number of hydrogen-bond acceptors (Lipinski definition) is 6. The van der Waals surface area contributed by atoms with Gasteiger partial charge in [-0.15, -0.1) is 0 Å². The number of nitrogens with one attached hydrogen (secondary N) is 1. The SMILES string of the molecule is NC1=Nc2ncc(Br)cc2CN1N1CCCNCC1. The Labute approximate surface area is 120 Å². The van der Waals surface area contributed by atoms with Crippen LogP contribution in [0.25, 0.3) is 0 Å². The van der Waals surface area contributed by atoms with Crippen LogP contribution in [0.15, 0.2) is 21.7 Å². The lowest BCUT2D eigenvalue weighted by Gasteiger charge is -2.36. The summed E-state index contributed by atoms with van der Waals surface area (Å²) in [6.07, 6.45) is 2.87. The minimum absolute atomic E-state index is 0.532. The van der Waals surface area contributed by atoms with E-state index in [4.69, 9.17) is 5.73 Å². The Morgan fingerprint density at radius 2 is 2.21 bits per heavy atom. The summed E-state index contributed by atoms with van der Waals surface area (Å²) in [6.45, 7) is 4.72. The Morgan fingerprint density at radius 3 is 3.11 bits per heavy atom. The molecule has 1 aromatic rings. The average molecular weight is 325 g/mol. The molecule has 3 rings (SSSR count). The number of halogens is 1. The smallest absolute Gasteiger partial charge is 0.213 e. The van der Waals surface area contributed by atoms with E-state index in [9.17, 15) is 0 Å². The van der Waals surface area contributed by atoms with Crippen molar-refractivity contribution in [2.75, 3.05) is 26.2 Å². The predicted octanol–water partition coefficient (Wildman–Crippen LogP) is 0.816. The lowest BCUT2D eigenvalue weighted by atomic mass is 10.2. The van der Waals surface area contributed by atoms with Crippen molar-refractivity contribution in [3.63, 3.8) is 0 Å². The van der Waals surface area contributed by atoms with E-state index < -0.39 is 0 Å². The molecule has 102 valence electrons. The lowest BCUT2D eigenvalue weighted by molar-refractivity contribution is 0.0415. The van der Waals surface area contributed by atoms with Crippen molar-refractivity contribution in [1.29, 1.82) is 0 Å². The number of nitrogens with zero attached hydrogens (tertiary/aromatic N) is 4. The van der Waals surface area contributed by atoms with E-state index in [0.717, 1.165) is 55.0 Å². The molecule has 3 N–H and O–H groups in total. The molecule has 0 amide bonds. The maximum absolute atomic E-state index is 6.08. The number of guanidine groups is 1. The van der Waals surface area contributed by atoms with Crippen molar-refractivity contribution >= 4 is 27.7 Å². The number of hydrogen-bond donors (Lipinski definition) is 2. The van der Waals surface area contributed by atoms with E-state index in [-0.39, 0.29) is 0 Å². The highest BCUT2D eigenvalue weighted by Gasteiger charge is 2.24. The summed E-state index contributed by atoms with van der Waals surface area (Å²) in [6, 6.07) is 2.06. The first kappa shape index (κ1) is 12.8. The van der Waals surface area contributed by atoms with Gasteiger partial charge in [-0.1, -0.05) is 0 Å². The third-order valence-corrected chi connectivity index (χ3v) is 3.81. The summed E-state index contributed by atoms with van der Waals surface area (Å²) >= 11 is 3.45. The molecule has 0 aromatic carbocycles. The molecule has 0 bridgehead atoms. The van der Waals surface area contributed by atoms with Crippen molar-refractivity contribution < 1.29 is 0 Å². The van der Waals surface area contributed by atoms with E-state index in [1.54, 1.807) is 6.20 Å². The van der Waals surface area contributed by atoms with Gasteiger partial charge in [-0.05, 0) is 35.0 Å². The highest BCUT2D eigenvalue weighted by molar-refractivity contribution is 9.10. The van der Waals surface area contributed by atoms with Gasteiger partial charge in [0.25, 0.3) is 0 Å². The quantitative estimate of drug-likeness (QED) is 0.800. The Kier molecular flexibility index (Phi) is 3.67. The van der Waals surface area contributed by atoms with Crippen molar-refractivity contribution in [3.05, 3.63) is 22.3 Å². The van der Waals surface area contributed by atoms with E-state index >= 15 is 0 Å². The van der Waals surface area contributed by atoms with Gasteiger partial charge >= 0.3 is 0 Å². The molecule has 0 radical (unpaired) electrons. The second kappa shape index (κ2) is 5.44. The maximum atomic E-state index is 6.08. The van der Waals surface area contributed by atoms with E-state index in [0.29, 0.717) is 5.96 Å². The predicted molar refractivity (Wildman–Crippen MR) is 77.8 cm³/mol. The third-order valence-electron chi connectivity index (χ3n) is 3.37. The third kappa shape index (κ3) is 2.72. The van der Waals surface area contributed by atoms with Crippen LogP contribution in [0.3, 0.4) is 0 Å². The molecule has 0 saturated carbocycles. The highest BCUT2D eigenvalue weighted by Crippen LogP contribution is 2.26. The highest BCUT2D eigenvalue weighted by atomic mass is 79.9. The summed E-state index contributed by atoms with van der Waals surface area (Å²) in [5, 5.41) is 7.72. The van der Waals surface area contributed by atoms with Crippen LogP contribution in [-0.4, -0.2) is 47.1 Å². The summed E-state index contributed by atoms with van der Waals surface area (Å²) < 4.78 is 0.972.